The Kier molecular flexibility index (Phi) is 2.02. The second kappa shape index (κ2) is 3.18. The molecule has 0 N–H and O–H groups in total. The van der Waals surface area contributed by atoms with Gasteiger partial charge in [0.2, 0.25) is 0 Å². The molecule has 2 nitrogen and oxygen atoms in total. The van der Waals surface area contributed by atoms with Crippen LogP contribution in [0.1, 0.15) is 6.92 Å². The van der Waals surface area contributed by atoms with E-state index in [0.29, 0.717) is 5.06 Å². The van der Waals surface area contributed by atoms with Gasteiger partial charge >= 0.3 is 5.97 Å². The van der Waals surface area contributed by atoms with Crippen molar-refractivity contribution in [3.8, 4) is 5.06 Å². The highest BCUT2D eigenvalue weighted by Gasteiger charge is 2.05. The van der Waals surface area contributed by atoms with Crippen LogP contribution in [0.2, 0.25) is 0 Å². The molecular formula is C10H8O2S. The van der Waals surface area contributed by atoms with E-state index in [0.717, 1.165) is 10.8 Å². The van der Waals surface area contributed by atoms with Crippen LogP contribution in [0.15, 0.2) is 29.6 Å². The molecule has 0 saturated heterocycles. The van der Waals surface area contributed by atoms with Gasteiger partial charge in [0.25, 0.3) is 0 Å². The molecule has 0 aliphatic heterocycles. The van der Waals surface area contributed by atoms with Crippen molar-refractivity contribution in [2.45, 2.75) is 6.92 Å². The summed E-state index contributed by atoms with van der Waals surface area (Å²) in [4.78, 5) is 10.7. The average Bonchev–Trinajstić information content (AvgIpc) is 2.48. The number of ether oxygens (including phenoxy) is 1. The average molecular weight is 192 g/mol. The normalized spacial score (nSPS) is 10.2. The molecule has 0 unspecified atom stereocenters. The SMILES string of the molecule is CC(=O)Oc1scc2ccccc12. The maximum atomic E-state index is 10.7. The molecule has 0 spiro atoms. The van der Waals surface area contributed by atoms with Crippen molar-refractivity contribution in [2.24, 2.45) is 0 Å². The van der Waals surface area contributed by atoms with Crippen molar-refractivity contribution in [1.29, 1.82) is 0 Å². The van der Waals surface area contributed by atoms with Crippen molar-refractivity contribution < 1.29 is 9.53 Å². The van der Waals surface area contributed by atoms with Gasteiger partial charge in [0.1, 0.15) is 0 Å². The zero-order chi connectivity index (χ0) is 9.26. The maximum absolute atomic E-state index is 10.7. The number of thiophene rings is 1. The molecule has 0 amide bonds. The first kappa shape index (κ1) is 8.26. The number of carbonyl (C=O) groups is 1. The molecule has 0 bridgehead atoms. The number of carbonyl (C=O) groups excluding carboxylic acids is 1. The maximum Gasteiger partial charge on any atom is 0.308 e. The molecular weight excluding hydrogens is 184 g/mol. The third-order valence-corrected chi connectivity index (χ3v) is 2.60. The van der Waals surface area contributed by atoms with E-state index in [9.17, 15) is 4.79 Å². The summed E-state index contributed by atoms with van der Waals surface area (Å²) in [6.45, 7) is 1.41. The Hall–Kier alpha value is -1.35. The minimum absolute atomic E-state index is 0.271. The Morgan fingerprint density at radius 2 is 2.15 bits per heavy atom. The minimum Gasteiger partial charge on any atom is -0.415 e. The van der Waals surface area contributed by atoms with Crippen molar-refractivity contribution in [1.82, 2.24) is 0 Å². The highest BCUT2D eigenvalue weighted by atomic mass is 32.1. The van der Waals surface area contributed by atoms with Crippen molar-refractivity contribution in [3.05, 3.63) is 29.6 Å². The third kappa shape index (κ3) is 1.55. The predicted molar refractivity (Wildman–Crippen MR) is 53.1 cm³/mol. The van der Waals surface area contributed by atoms with E-state index in [1.165, 1.54) is 18.3 Å². The second-order valence-electron chi connectivity index (χ2n) is 2.70. The van der Waals surface area contributed by atoms with Gasteiger partial charge in [0.15, 0.2) is 5.06 Å². The number of benzene rings is 1. The van der Waals surface area contributed by atoms with Crippen molar-refractivity contribution in [2.75, 3.05) is 0 Å². The molecule has 0 aliphatic rings. The monoisotopic (exact) mass is 192 g/mol. The van der Waals surface area contributed by atoms with Crippen molar-refractivity contribution >= 4 is 28.1 Å². The summed E-state index contributed by atoms with van der Waals surface area (Å²) in [7, 11) is 0. The number of esters is 1. The lowest BCUT2D eigenvalue weighted by atomic mass is 10.2. The van der Waals surface area contributed by atoms with E-state index in [1.807, 2.05) is 29.6 Å². The Bertz CT molecular complexity index is 445. The van der Waals surface area contributed by atoms with E-state index >= 15 is 0 Å². The third-order valence-electron chi connectivity index (χ3n) is 1.71. The van der Waals surface area contributed by atoms with E-state index in [-0.39, 0.29) is 5.97 Å². The molecule has 3 heteroatoms. The van der Waals surface area contributed by atoms with E-state index < -0.39 is 0 Å². The highest BCUT2D eigenvalue weighted by molar-refractivity contribution is 7.13. The molecule has 0 saturated carbocycles. The highest BCUT2D eigenvalue weighted by Crippen LogP contribution is 2.32. The van der Waals surface area contributed by atoms with Gasteiger partial charge in [-0.15, -0.1) is 11.3 Å². The molecule has 2 aromatic rings. The van der Waals surface area contributed by atoms with Gasteiger partial charge in [-0.05, 0) is 11.5 Å². The fourth-order valence-electron chi connectivity index (χ4n) is 1.18. The van der Waals surface area contributed by atoms with Crippen LogP contribution >= 0.6 is 11.3 Å². The molecule has 0 radical (unpaired) electrons. The molecule has 0 fully saturated rings. The molecule has 66 valence electrons. The summed E-state index contributed by atoms with van der Waals surface area (Å²) in [5, 5.41) is 4.78. The lowest BCUT2D eigenvalue weighted by molar-refractivity contribution is -0.131. The van der Waals surface area contributed by atoms with Gasteiger partial charge in [-0.1, -0.05) is 18.2 Å². The summed E-state index contributed by atoms with van der Waals surface area (Å²) in [6, 6.07) is 7.84. The van der Waals surface area contributed by atoms with Crippen molar-refractivity contribution in [3.63, 3.8) is 0 Å². The molecule has 2 rings (SSSR count). The summed E-state index contributed by atoms with van der Waals surface area (Å²) < 4.78 is 5.05. The number of rotatable bonds is 1. The van der Waals surface area contributed by atoms with Crippen LogP contribution in [0, 0.1) is 0 Å². The lowest BCUT2D eigenvalue weighted by Crippen LogP contribution is -1.99. The van der Waals surface area contributed by atoms with E-state index in [2.05, 4.69) is 0 Å². The molecule has 0 atom stereocenters. The molecule has 1 heterocycles. The van der Waals surface area contributed by atoms with Crippen LogP contribution in [0.5, 0.6) is 5.06 Å². The fraction of sp³-hybridized carbons (Fsp3) is 0.100. The van der Waals surface area contributed by atoms with Gasteiger partial charge in [0, 0.05) is 17.7 Å². The zero-order valence-corrected chi connectivity index (χ0v) is 7.93. The molecule has 0 aliphatic carbocycles. The van der Waals surface area contributed by atoms with Gasteiger partial charge < -0.3 is 4.74 Å². The summed E-state index contributed by atoms with van der Waals surface area (Å²) in [6.07, 6.45) is 0. The summed E-state index contributed by atoms with van der Waals surface area (Å²) in [5.41, 5.74) is 0. The smallest absolute Gasteiger partial charge is 0.308 e. The number of hydrogen-bond acceptors (Lipinski definition) is 3. The van der Waals surface area contributed by atoms with Crippen LogP contribution in [-0.4, -0.2) is 5.97 Å². The Morgan fingerprint density at radius 3 is 2.92 bits per heavy atom. The van der Waals surface area contributed by atoms with Crippen LogP contribution in [0.4, 0.5) is 0 Å². The summed E-state index contributed by atoms with van der Waals surface area (Å²) >= 11 is 1.45. The van der Waals surface area contributed by atoms with E-state index in [1.54, 1.807) is 0 Å². The molecule has 13 heavy (non-hydrogen) atoms. The van der Waals surface area contributed by atoms with Gasteiger partial charge in [-0.3, -0.25) is 4.79 Å². The van der Waals surface area contributed by atoms with Crippen LogP contribution in [-0.2, 0) is 4.79 Å². The van der Waals surface area contributed by atoms with Crippen LogP contribution < -0.4 is 4.74 Å². The van der Waals surface area contributed by atoms with Gasteiger partial charge in [-0.25, -0.2) is 0 Å². The fourth-order valence-corrected chi connectivity index (χ4v) is 2.09. The predicted octanol–water partition coefficient (Wildman–Crippen LogP) is 2.83. The van der Waals surface area contributed by atoms with Gasteiger partial charge in [0.05, 0.1) is 0 Å². The first-order valence-electron chi connectivity index (χ1n) is 3.92. The summed E-state index contributed by atoms with van der Waals surface area (Å²) in [5.74, 6) is -0.271. The Morgan fingerprint density at radius 1 is 1.38 bits per heavy atom. The molecule has 1 aromatic heterocycles. The standard InChI is InChI=1S/C10H8O2S/c1-7(11)12-10-9-5-3-2-4-8(9)6-13-10/h2-6H,1H3. The van der Waals surface area contributed by atoms with Gasteiger partial charge in [-0.2, -0.15) is 0 Å². The minimum atomic E-state index is -0.271. The Labute approximate surface area is 79.8 Å². The number of fused-ring (bicyclic) bond motifs is 1. The van der Waals surface area contributed by atoms with Crippen LogP contribution in [0.3, 0.4) is 0 Å². The topological polar surface area (TPSA) is 26.3 Å². The molecule has 1 aromatic carbocycles. The number of hydrogen-bond donors (Lipinski definition) is 0. The first-order valence-corrected chi connectivity index (χ1v) is 4.80. The quantitative estimate of drug-likeness (QED) is 0.649. The first-order chi connectivity index (χ1) is 6.27. The zero-order valence-electron chi connectivity index (χ0n) is 7.11. The van der Waals surface area contributed by atoms with E-state index in [4.69, 9.17) is 4.74 Å². The lowest BCUT2D eigenvalue weighted by Gasteiger charge is -1.96. The largest absolute Gasteiger partial charge is 0.415 e. The van der Waals surface area contributed by atoms with Crippen LogP contribution in [0.25, 0.3) is 10.8 Å². The second-order valence-corrected chi connectivity index (χ2v) is 3.55. The Balaban J connectivity index is 2.51.